The third-order valence-corrected chi connectivity index (χ3v) is 5.24. The van der Waals surface area contributed by atoms with Crippen LogP contribution < -0.4 is 10.2 Å². The van der Waals surface area contributed by atoms with Crippen molar-refractivity contribution in [1.29, 1.82) is 0 Å². The topological polar surface area (TPSA) is 15.3 Å². The van der Waals surface area contributed by atoms with Crippen molar-refractivity contribution < 1.29 is 0 Å². The SMILES string of the molecule is CCC(C)c1ccccc1[SiH2]NCN(CC)CC. The molecule has 0 saturated carbocycles. The van der Waals surface area contributed by atoms with Gasteiger partial charge in [-0.1, -0.05) is 52.0 Å². The fourth-order valence-electron chi connectivity index (χ4n) is 2.19. The average Bonchev–Trinajstić information content (AvgIpc) is 2.43. The average molecular weight is 264 g/mol. The van der Waals surface area contributed by atoms with E-state index in [-0.39, 0.29) is 9.68 Å². The number of nitrogens with zero attached hydrogens (tertiary/aromatic N) is 1. The Hall–Kier alpha value is -0.643. The van der Waals surface area contributed by atoms with Crippen LogP contribution in [0.3, 0.4) is 0 Å². The predicted molar refractivity (Wildman–Crippen MR) is 84.2 cm³/mol. The van der Waals surface area contributed by atoms with Gasteiger partial charge in [-0.15, -0.1) is 0 Å². The molecule has 0 aliphatic heterocycles. The molecular formula is C15H28N2Si. The maximum Gasteiger partial charge on any atom is 0.126 e. The van der Waals surface area contributed by atoms with Gasteiger partial charge in [-0.2, -0.15) is 0 Å². The minimum atomic E-state index is -0.346. The first kappa shape index (κ1) is 15.4. The van der Waals surface area contributed by atoms with Crippen molar-refractivity contribution in [3.8, 4) is 0 Å². The van der Waals surface area contributed by atoms with E-state index < -0.39 is 0 Å². The van der Waals surface area contributed by atoms with Gasteiger partial charge in [-0.3, -0.25) is 4.90 Å². The molecule has 0 aliphatic carbocycles. The molecule has 1 N–H and O–H groups in total. The Balaban J connectivity index is 2.56. The predicted octanol–water partition coefficient (Wildman–Crippen LogP) is 1.80. The van der Waals surface area contributed by atoms with E-state index in [4.69, 9.17) is 0 Å². The highest BCUT2D eigenvalue weighted by molar-refractivity contribution is 6.51. The van der Waals surface area contributed by atoms with Gasteiger partial charge in [0.05, 0.1) is 0 Å². The van der Waals surface area contributed by atoms with Gasteiger partial charge in [0.25, 0.3) is 0 Å². The van der Waals surface area contributed by atoms with E-state index in [1.807, 2.05) is 0 Å². The zero-order valence-electron chi connectivity index (χ0n) is 12.4. The summed E-state index contributed by atoms with van der Waals surface area (Å²) >= 11 is 0. The molecule has 0 fully saturated rings. The lowest BCUT2D eigenvalue weighted by Crippen LogP contribution is -2.41. The Morgan fingerprint density at radius 3 is 2.44 bits per heavy atom. The molecule has 0 saturated heterocycles. The second-order valence-electron chi connectivity index (χ2n) is 4.90. The second-order valence-corrected chi connectivity index (χ2v) is 6.51. The Morgan fingerprint density at radius 1 is 1.17 bits per heavy atom. The van der Waals surface area contributed by atoms with E-state index in [1.165, 1.54) is 6.42 Å². The fourth-order valence-corrected chi connectivity index (χ4v) is 3.81. The highest BCUT2D eigenvalue weighted by atomic mass is 28.2. The summed E-state index contributed by atoms with van der Waals surface area (Å²) in [6, 6.07) is 8.95. The fraction of sp³-hybridized carbons (Fsp3) is 0.600. The van der Waals surface area contributed by atoms with Gasteiger partial charge in [-0.25, -0.2) is 0 Å². The zero-order valence-corrected chi connectivity index (χ0v) is 13.8. The Kier molecular flexibility index (Phi) is 7.24. The number of hydrogen-bond donors (Lipinski definition) is 1. The van der Waals surface area contributed by atoms with Crippen molar-refractivity contribution in [2.24, 2.45) is 0 Å². The van der Waals surface area contributed by atoms with Gasteiger partial charge in [0.1, 0.15) is 9.68 Å². The van der Waals surface area contributed by atoms with Crippen molar-refractivity contribution in [3.63, 3.8) is 0 Å². The van der Waals surface area contributed by atoms with E-state index in [9.17, 15) is 0 Å². The zero-order chi connectivity index (χ0) is 13.4. The van der Waals surface area contributed by atoms with E-state index in [0.717, 1.165) is 19.8 Å². The molecule has 1 aromatic rings. The molecule has 0 bridgehead atoms. The van der Waals surface area contributed by atoms with Crippen LogP contribution in [-0.2, 0) is 0 Å². The van der Waals surface area contributed by atoms with Crippen LogP contribution in [0.5, 0.6) is 0 Å². The minimum absolute atomic E-state index is 0.346. The quantitative estimate of drug-likeness (QED) is 0.569. The summed E-state index contributed by atoms with van der Waals surface area (Å²) in [7, 11) is -0.346. The van der Waals surface area contributed by atoms with Crippen molar-refractivity contribution in [2.45, 2.75) is 40.0 Å². The van der Waals surface area contributed by atoms with Gasteiger partial charge < -0.3 is 4.98 Å². The summed E-state index contributed by atoms with van der Waals surface area (Å²) in [6.07, 6.45) is 1.22. The van der Waals surface area contributed by atoms with Crippen molar-refractivity contribution in [3.05, 3.63) is 29.8 Å². The number of rotatable bonds is 8. The van der Waals surface area contributed by atoms with Crippen LogP contribution in [-0.4, -0.2) is 34.3 Å². The maximum absolute atomic E-state index is 3.69. The molecule has 0 aromatic heterocycles. The first-order valence-corrected chi connectivity index (χ1v) is 8.65. The lowest BCUT2D eigenvalue weighted by atomic mass is 9.99. The molecule has 102 valence electrons. The van der Waals surface area contributed by atoms with E-state index in [2.05, 4.69) is 61.8 Å². The Bertz CT molecular complexity index is 337. The smallest absolute Gasteiger partial charge is 0.126 e. The molecule has 0 heterocycles. The maximum atomic E-state index is 3.69. The van der Waals surface area contributed by atoms with E-state index in [1.54, 1.807) is 10.8 Å². The minimum Gasteiger partial charge on any atom is -0.326 e. The van der Waals surface area contributed by atoms with Crippen LogP contribution in [0.2, 0.25) is 0 Å². The lowest BCUT2D eigenvalue weighted by molar-refractivity contribution is 0.301. The van der Waals surface area contributed by atoms with Gasteiger partial charge in [-0.05, 0) is 36.2 Å². The molecule has 18 heavy (non-hydrogen) atoms. The third kappa shape index (κ3) is 4.56. The summed E-state index contributed by atoms with van der Waals surface area (Å²) < 4.78 is 0. The third-order valence-electron chi connectivity index (χ3n) is 3.74. The van der Waals surface area contributed by atoms with Gasteiger partial charge in [0.15, 0.2) is 0 Å². The van der Waals surface area contributed by atoms with E-state index in [0.29, 0.717) is 5.92 Å². The monoisotopic (exact) mass is 264 g/mol. The summed E-state index contributed by atoms with van der Waals surface area (Å²) in [5, 5.41) is 1.58. The molecule has 1 rings (SSSR count). The molecule has 0 amide bonds. The van der Waals surface area contributed by atoms with Gasteiger partial charge in [0.2, 0.25) is 0 Å². The number of hydrogen-bond acceptors (Lipinski definition) is 2. The van der Waals surface area contributed by atoms with Crippen LogP contribution in [0.4, 0.5) is 0 Å². The van der Waals surface area contributed by atoms with Crippen LogP contribution in [0.15, 0.2) is 24.3 Å². The molecule has 1 atom stereocenters. The molecule has 0 radical (unpaired) electrons. The molecule has 1 aromatic carbocycles. The lowest BCUT2D eigenvalue weighted by Gasteiger charge is -2.20. The Morgan fingerprint density at radius 2 is 1.83 bits per heavy atom. The molecular weight excluding hydrogens is 236 g/mol. The number of nitrogens with one attached hydrogen (secondary N) is 1. The van der Waals surface area contributed by atoms with Crippen molar-refractivity contribution >= 4 is 14.9 Å². The van der Waals surface area contributed by atoms with Gasteiger partial charge >= 0.3 is 0 Å². The first-order chi connectivity index (χ1) is 8.72. The van der Waals surface area contributed by atoms with Crippen molar-refractivity contribution in [1.82, 2.24) is 9.88 Å². The second kappa shape index (κ2) is 8.46. The number of benzene rings is 1. The van der Waals surface area contributed by atoms with E-state index >= 15 is 0 Å². The summed E-state index contributed by atoms with van der Waals surface area (Å²) in [6.45, 7) is 12.3. The molecule has 3 heteroatoms. The molecule has 2 nitrogen and oxygen atoms in total. The highest BCUT2D eigenvalue weighted by Gasteiger charge is 2.08. The van der Waals surface area contributed by atoms with Crippen LogP contribution in [0, 0.1) is 0 Å². The summed E-state index contributed by atoms with van der Waals surface area (Å²) in [5.41, 5.74) is 1.55. The highest BCUT2D eigenvalue weighted by Crippen LogP contribution is 2.15. The molecule has 1 unspecified atom stereocenters. The summed E-state index contributed by atoms with van der Waals surface area (Å²) in [4.78, 5) is 6.12. The van der Waals surface area contributed by atoms with Gasteiger partial charge in [0, 0.05) is 6.67 Å². The Labute approximate surface area is 115 Å². The molecule has 0 aliphatic rings. The van der Waals surface area contributed by atoms with Crippen molar-refractivity contribution in [2.75, 3.05) is 19.8 Å². The summed E-state index contributed by atoms with van der Waals surface area (Å²) in [5.74, 6) is 0.684. The van der Waals surface area contributed by atoms with Crippen LogP contribution >= 0.6 is 0 Å². The normalized spacial score (nSPS) is 13.6. The standard InChI is InChI=1S/C15H28N2Si/c1-5-13(4)14-10-8-9-11-15(14)18-16-12-17(6-2)7-3/h8-11,13,16H,5-7,12,18H2,1-4H3. The molecule has 0 spiro atoms. The van der Waals surface area contributed by atoms with Crippen LogP contribution in [0.1, 0.15) is 45.6 Å². The first-order valence-electron chi connectivity index (χ1n) is 7.23. The van der Waals surface area contributed by atoms with Crippen LogP contribution in [0.25, 0.3) is 0 Å². The largest absolute Gasteiger partial charge is 0.326 e.